The second kappa shape index (κ2) is 4.58. The Labute approximate surface area is 115 Å². The molecule has 3 atom stereocenters. The van der Waals surface area contributed by atoms with E-state index >= 15 is 0 Å². The first-order valence-electron chi connectivity index (χ1n) is 8.00. The van der Waals surface area contributed by atoms with Crippen LogP contribution in [0.1, 0.15) is 75.0 Å². The van der Waals surface area contributed by atoms with Crippen LogP contribution in [0, 0.1) is 6.92 Å². The van der Waals surface area contributed by atoms with Crippen LogP contribution >= 0.6 is 0 Å². The van der Waals surface area contributed by atoms with Crippen molar-refractivity contribution in [1.29, 1.82) is 0 Å². The quantitative estimate of drug-likeness (QED) is 0.889. The Kier molecular flexibility index (Phi) is 2.87. The van der Waals surface area contributed by atoms with E-state index in [4.69, 9.17) is 0 Å². The van der Waals surface area contributed by atoms with Crippen molar-refractivity contribution in [2.24, 2.45) is 0 Å². The molecule has 0 radical (unpaired) electrons. The van der Waals surface area contributed by atoms with Crippen molar-refractivity contribution in [3.05, 3.63) is 11.6 Å². The van der Waals surface area contributed by atoms with Gasteiger partial charge in [0.2, 0.25) is 0 Å². The maximum absolute atomic E-state index is 4.56. The third kappa shape index (κ3) is 1.92. The molecule has 0 aromatic carbocycles. The van der Waals surface area contributed by atoms with Crippen molar-refractivity contribution >= 4 is 0 Å². The Morgan fingerprint density at radius 2 is 1.89 bits per heavy atom. The number of nitrogens with one attached hydrogen (secondary N) is 1. The summed E-state index contributed by atoms with van der Waals surface area (Å²) in [6.45, 7) is 2.13. The number of aryl methyl sites for hydroxylation is 1. The molecule has 3 aliphatic rings. The van der Waals surface area contributed by atoms with E-state index in [1.54, 1.807) is 0 Å². The summed E-state index contributed by atoms with van der Waals surface area (Å²) in [5.74, 6) is 3.02. The van der Waals surface area contributed by atoms with Crippen LogP contribution in [-0.2, 0) is 0 Å². The van der Waals surface area contributed by atoms with Crippen molar-refractivity contribution in [3.63, 3.8) is 0 Å². The monoisotopic (exact) mass is 260 g/mol. The molecule has 2 aliphatic heterocycles. The summed E-state index contributed by atoms with van der Waals surface area (Å²) in [5, 5.41) is 12.7. The van der Waals surface area contributed by atoms with Gasteiger partial charge in [0.1, 0.15) is 11.6 Å². The number of hydrogen-bond acceptors (Lipinski definition) is 3. The molecule has 0 amide bonds. The smallest absolute Gasteiger partial charge is 0.138 e. The van der Waals surface area contributed by atoms with E-state index in [-0.39, 0.29) is 0 Å². The average molecular weight is 260 g/mol. The highest BCUT2D eigenvalue weighted by molar-refractivity contribution is 5.14. The van der Waals surface area contributed by atoms with Crippen LogP contribution in [0.4, 0.5) is 0 Å². The van der Waals surface area contributed by atoms with Crippen LogP contribution in [0.5, 0.6) is 0 Å². The van der Waals surface area contributed by atoms with Crippen LogP contribution in [0.15, 0.2) is 0 Å². The Balaban J connectivity index is 1.65. The highest BCUT2D eigenvalue weighted by atomic mass is 15.3. The molecule has 19 heavy (non-hydrogen) atoms. The number of hydrogen-bond donors (Lipinski definition) is 1. The summed E-state index contributed by atoms with van der Waals surface area (Å²) in [6, 6.07) is 2.07. The van der Waals surface area contributed by atoms with Crippen LogP contribution in [-0.4, -0.2) is 26.8 Å². The predicted molar refractivity (Wildman–Crippen MR) is 74.2 cm³/mol. The molecule has 0 spiro atoms. The van der Waals surface area contributed by atoms with E-state index in [9.17, 15) is 0 Å². The minimum absolute atomic E-state index is 0.613. The molecule has 2 bridgehead atoms. The summed E-state index contributed by atoms with van der Waals surface area (Å²) in [6.07, 6.45) is 10.7. The Hall–Kier alpha value is -0.900. The standard InChI is InChI=1S/C15H24N4/c1-10-17-18-15(13-9-11-7-8-14(13)16-11)19(10)12-5-3-2-4-6-12/h11-14,16H,2-9H2,1H3. The van der Waals surface area contributed by atoms with Gasteiger partial charge in [0, 0.05) is 24.0 Å². The van der Waals surface area contributed by atoms with Crippen molar-refractivity contribution < 1.29 is 0 Å². The van der Waals surface area contributed by atoms with Gasteiger partial charge < -0.3 is 9.88 Å². The van der Waals surface area contributed by atoms with Gasteiger partial charge in [0.05, 0.1) is 0 Å². The van der Waals surface area contributed by atoms with Crippen molar-refractivity contribution in [2.75, 3.05) is 0 Å². The van der Waals surface area contributed by atoms with E-state index in [1.807, 2.05) is 0 Å². The van der Waals surface area contributed by atoms with Crippen LogP contribution < -0.4 is 5.32 Å². The normalized spacial score (nSPS) is 35.1. The zero-order valence-electron chi connectivity index (χ0n) is 11.8. The second-order valence-electron chi connectivity index (χ2n) is 6.66. The zero-order chi connectivity index (χ0) is 12.8. The van der Waals surface area contributed by atoms with Crippen molar-refractivity contribution in [2.45, 2.75) is 82.3 Å². The SMILES string of the molecule is Cc1nnc(C2CC3CCC2N3)n1C1CCCCC1. The maximum atomic E-state index is 4.56. The molecular formula is C15H24N4. The minimum Gasteiger partial charge on any atom is -0.312 e. The molecule has 1 saturated carbocycles. The maximum Gasteiger partial charge on any atom is 0.138 e. The summed E-state index contributed by atoms with van der Waals surface area (Å²) < 4.78 is 2.49. The molecule has 4 rings (SSSR count). The number of fused-ring (bicyclic) bond motifs is 2. The fraction of sp³-hybridized carbons (Fsp3) is 0.867. The molecule has 104 valence electrons. The molecule has 1 aromatic rings. The first-order valence-corrected chi connectivity index (χ1v) is 8.00. The van der Waals surface area contributed by atoms with E-state index < -0.39 is 0 Å². The lowest BCUT2D eigenvalue weighted by atomic mass is 9.87. The fourth-order valence-electron chi connectivity index (χ4n) is 4.54. The summed E-state index contributed by atoms with van der Waals surface area (Å²) in [4.78, 5) is 0. The molecule has 3 unspecified atom stereocenters. The molecule has 4 nitrogen and oxygen atoms in total. The van der Waals surface area contributed by atoms with Gasteiger partial charge in [0.15, 0.2) is 0 Å². The van der Waals surface area contributed by atoms with Gasteiger partial charge in [-0.25, -0.2) is 0 Å². The fourth-order valence-corrected chi connectivity index (χ4v) is 4.54. The van der Waals surface area contributed by atoms with E-state index in [0.29, 0.717) is 18.0 Å². The topological polar surface area (TPSA) is 42.7 Å². The molecule has 1 aromatic heterocycles. The molecule has 1 aliphatic carbocycles. The molecular weight excluding hydrogens is 236 g/mol. The lowest BCUT2D eigenvalue weighted by molar-refractivity contribution is 0.329. The molecule has 3 heterocycles. The van der Waals surface area contributed by atoms with Gasteiger partial charge in [-0.15, -0.1) is 10.2 Å². The lowest BCUT2D eigenvalue weighted by Crippen LogP contribution is -2.26. The number of rotatable bonds is 2. The third-order valence-electron chi connectivity index (χ3n) is 5.46. The van der Waals surface area contributed by atoms with Gasteiger partial charge in [-0.2, -0.15) is 0 Å². The van der Waals surface area contributed by atoms with E-state index in [0.717, 1.165) is 11.9 Å². The zero-order valence-corrected chi connectivity index (χ0v) is 11.8. The van der Waals surface area contributed by atoms with Gasteiger partial charge in [-0.1, -0.05) is 19.3 Å². The summed E-state index contributed by atoms with van der Waals surface area (Å²) in [7, 11) is 0. The molecule has 2 saturated heterocycles. The molecule has 3 fully saturated rings. The first-order chi connectivity index (χ1) is 9.33. The molecule has 4 heteroatoms. The highest BCUT2D eigenvalue weighted by Crippen LogP contribution is 2.41. The van der Waals surface area contributed by atoms with Gasteiger partial charge in [0.25, 0.3) is 0 Å². The minimum atomic E-state index is 0.613. The molecule has 1 N–H and O–H groups in total. The largest absolute Gasteiger partial charge is 0.312 e. The highest BCUT2D eigenvalue weighted by Gasteiger charge is 2.42. The van der Waals surface area contributed by atoms with Crippen molar-refractivity contribution in [1.82, 2.24) is 20.1 Å². The van der Waals surface area contributed by atoms with Crippen LogP contribution in [0.25, 0.3) is 0 Å². The van der Waals surface area contributed by atoms with Crippen LogP contribution in [0.3, 0.4) is 0 Å². The number of nitrogens with zero attached hydrogens (tertiary/aromatic N) is 3. The first kappa shape index (κ1) is 11.9. The van der Waals surface area contributed by atoms with Gasteiger partial charge in [-0.05, 0) is 39.0 Å². The summed E-state index contributed by atoms with van der Waals surface area (Å²) >= 11 is 0. The predicted octanol–water partition coefficient (Wildman–Crippen LogP) is 2.70. The van der Waals surface area contributed by atoms with E-state index in [2.05, 4.69) is 27.0 Å². The van der Waals surface area contributed by atoms with Crippen LogP contribution in [0.2, 0.25) is 0 Å². The lowest BCUT2D eigenvalue weighted by Gasteiger charge is -2.28. The van der Waals surface area contributed by atoms with Crippen molar-refractivity contribution in [3.8, 4) is 0 Å². The summed E-state index contributed by atoms with van der Waals surface area (Å²) in [5.41, 5.74) is 0. The van der Waals surface area contributed by atoms with Gasteiger partial charge >= 0.3 is 0 Å². The Bertz CT molecular complexity index is 461. The Morgan fingerprint density at radius 1 is 1.05 bits per heavy atom. The Morgan fingerprint density at radius 3 is 2.58 bits per heavy atom. The van der Waals surface area contributed by atoms with Gasteiger partial charge in [-0.3, -0.25) is 0 Å². The third-order valence-corrected chi connectivity index (χ3v) is 5.46. The van der Waals surface area contributed by atoms with E-state index in [1.165, 1.54) is 57.2 Å². The average Bonchev–Trinajstić information content (AvgIpc) is 3.14. The number of aromatic nitrogens is 3. The second-order valence-corrected chi connectivity index (χ2v) is 6.66.